The monoisotopic (exact) mass is 369 g/mol. The van der Waals surface area contributed by atoms with Gasteiger partial charge in [-0.2, -0.15) is 5.10 Å². The maximum absolute atomic E-state index is 12.4. The zero-order valence-electron chi connectivity index (χ0n) is 15.3. The first-order valence-corrected chi connectivity index (χ1v) is 9.42. The van der Waals surface area contributed by atoms with Crippen LogP contribution < -0.4 is 5.32 Å². The molecular formula is C19H23N5OS. The van der Waals surface area contributed by atoms with Crippen molar-refractivity contribution in [2.75, 3.05) is 13.6 Å². The molecule has 1 amide bonds. The molecule has 7 heteroatoms. The van der Waals surface area contributed by atoms with Gasteiger partial charge in [0.2, 0.25) is 0 Å². The van der Waals surface area contributed by atoms with Gasteiger partial charge in [0.1, 0.15) is 10.7 Å². The number of hydrogen-bond donors (Lipinski definition) is 1. The van der Waals surface area contributed by atoms with Gasteiger partial charge in [0, 0.05) is 37.3 Å². The van der Waals surface area contributed by atoms with E-state index in [0.717, 1.165) is 29.2 Å². The van der Waals surface area contributed by atoms with Crippen LogP contribution in [0.25, 0.3) is 10.6 Å². The van der Waals surface area contributed by atoms with E-state index in [1.54, 1.807) is 16.3 Å². The number of thiazole rings is 1. The topological polar surface area (TPSA) is 63.1 Å². The van der Waals surface area contributed by atoms with Crippen LogP contribution in [0.3, 0.4) is 0 Å². The average Bonchev–Trinajstić information content (AvgIpc) is 3.29. The predicted molar refractivity (Wildman–Crippen MR) is 104 cm³/mol. The van der Waals surface area contributed by atoms with Crippen LogP contribution in [0.2, 0.25) is 0 Å². The summed E-state index contributed by atoms with van der Waals surface area (Å²) < 4.78 is 1.72. The summed E-state index contributed by atoms with van der Waals surface area (Å²) in [6.07, 6.45) is 3.64. The van der Waals surface area contributed by atoms with Crippen molar-refractivity contribution in [3.63, 3.8) is 0 Å². The second kappa shape index (κ2) is 8.25. The van der Waals surface area contributed by atoms with Crippen molar-refractivity contribution in [2.45, 2.75) is 20.0 Å². The SMILES string of the molecule is CCN(C)Cc1cccc(CNC(=O)c2csc(-c3cnn(C)c3)n2)c1. The van der Waals surface area contributed by atoms with Crippen molar-refractivity contribution in [3.05, 3.63) is 58.9 Å². The summed E-state index contributed by atoms with van der Waals surface area (Å²) in [5.41, 5.74) is 3.69. The first-order valence-electron chi connectivity index (χ1n) is 8.54. The largest absolute Gasteiger partial charge is 0.347 e. The van der Waals surface area contributed by atoms with Crippen LogP contribution in [0.5, 0.6) is 0 Å². The molecule has 1 N–H and O–H groups in total. The number of carbonyl (C=O) groups is 1. The highest BCUT2D eigenvalue weighted by Gasteiger charge is 2.12. The van der Waals surface area contributed by atoms with Gasteiger partial charge in [0.05, 0.1) is 6.20 Å². The minimum atomic E-state index is -0.160. The smallest absolute Gasteiger partial charge is 0.271 e. The van der Waals surface area contributed by atoms with E-state index in [1.165, 1.54) is 16.9 Å². The summed E-state index contributed by atoms with van der Waals surface area (Å²) in [4.78, 5) is 19.0. The maximum atomic E-state index is 12.4. The van der Waals surface area contributed by atoms with Gasteiger partial charge in [-0.25, -0.2) is 4.98 Å². The van der Waals surface area contributed by atoms with E-state index >= 15 is 0 Å². The van der Waals surface area contributed by atoms with Crippen LogP contribution in [0, 0.1) is 0 Å². The van der Waals surface area contributed by atoms with E-state index in [2.05, 4.69) is 46.4 Å². The molecule has 3 rings (SSSR count). The molecule has 0 unspecified atom stereocenters. The summed E-state index contributed by atoms with van der Waals surface area (Å²) in [7, 11) is 3.95. The Morgan fingerprint density at radius 3 is 2.88 bits per heavy atom. The summed E-state index contributed by atoms with van der Waals surface area (Å²) in [5.74, 6) is -0.160. The lowest BCUT2D eigenvalue weighted by Crippen LogP contribution is -2.23. The Morgan fingerprint density at radius 2 is 2.15 bits per heavy atom. The second-order valence-electron chi connectivity index (χ2n) is 6.27. The number of benzene rings is 1. The lowest BCUT2D eigenvalue weighted by molar-refractivity contribution is 0.0946. The Labute approximate surface area is 157 Å². The van der Waals surface area contributed by atoms with Crippen LogP contribution in [-0.2, 0) is 20.1 Å². The molecule has 0 fully saturated rings. The minimum absolute atomic E-state index is 0.160. The van der Waals surface area contributed by atoms with Gasteiger partial charge >= 0.3 is 0 Å². The Kier molecular flexibility index (Phi) is 5.80. The number of amides is 1. The molecule has 136 valence electrons. The van der Waals surface area contributed by atoms with E-state index in [4.69, 9.17) is 0 Å². The fourth-order valence-electron chi connectivity index (χ4n) is 2.58. The summed E-state index contributed by atoms with van der Waals surface area (Å²) >= 11 is 1.45. The highest BCUT2D eigenvalue weighted by Crippen LogP contribution is 2.22. The number of aromatic nitrogens is 3. The normalized spacial score (nSPS) is 11.1. The molecule has 0 aliphatic heterocycles. The van der Waals surface area contributed by atoms with Gasteiger partial charge in [-0.15, -0.1) is 11.3 Å². The van der Waals surface area contributed by atoms with E-state index in [-0.39, 0.29) is 5.91 Å². The van der Waals surface area contributed by atoms with Gasteiger partial charge < -0.3 is 10.2 Å². The van der Waals surface area contributed by atoms with E-state index < -0.39 is 0 Å². The molecule has 0 bridgehead atoms. The van der Waals surface area contributed by atoms with Gasteiger partial charge in [-0.3, -0.25) is 9.48 Å². The number of carbonyl (C=O) groups excluding carboxylic acids is 1. The third-order valence-electron chi connectivity index (χ3n) is 4.13. The van der Waals surface area contributed by atoms with Crippen LogP contribution in [0.4, 0.5) is 0 Å². The molecule has 0 spiro atoms. The van der Waals surface area contributed by atoms with Crippen molar-refractivity contribution >= 4 is 17.2 Å². The Hall–Kier alpha value is -2.51. The van der Waals surface area contributed by atoms with Gasteiger partial charge in [0.15, 0.2) is 0 Å². The zero-order valence-corrected chi connectivity index (χ0v) is 16.1. The van der Waals surface area contributed by atoms with E-state index in [0.29, 0.717) is 12.2 Å². The first-order chi connectivity index (χ1) is 12.5. The highest BCUT2D eigenvalue weighted by atomic mass is 32.1. The fraction of sp³-hybridized carbons (Fsp3) is 0.316. The van der Waals surface area contributed by atoms with Crippen LogP contribution >= 0.6 is 11.3 Å². The molecule has 3 aromatic rings. The zero-order chi connectivity index (χ0) is 18.5. The minimum Gasteiger partial charge on any atom is -0.347 e. The van der Waals surface area contributed by atoms with Crippen LogP contribution in [0.1, 0.15) is 28.5 Å². The summed E-state index contributed by atoms with van der Waals surface area (Å²) in [6.45, 7) is 4.53. The van der Waals surface area contributed by atoms with Crippen molar-refractivity contribution in [2.24, 2.45) is 7.05 Å². The number of aryl methyl sites for hydroxylation is 1. The van der Waals surface area contributed by atoms with E-state index in [9.17, 15) is 4.79 Å². The molecule has 0 aliphatic rings. The highest BCUT2D eigenvalue weighted by molar-refractivity contribution is 7.13. The van der Waals surface area contributed by atoms with Crippen LogP contribution in [-0.4, -0.2) is 39.2 Å². The third kappa shape index (κ3) is 4.56. The molecule has 0 saturated carbocycles. The average molecular weight is 369 g/mol. The molecule has 26 heavy (non-hydrogen) atoms. The third-order valence-corrected chi connectivity index (χ3v) is 5.02. The number of nitrogens with one attached hydrogen (secondary N) is 1. The molecule has 2 aromatic heterocycles. The Morgan fingerprint density at radius 1 is 1.35 bits per heavy atom. The summed E-state index contributed by atoms with van der Waals surface area (Å²) in [6, 6.07) is 8.30. The summed E-state index contributed by atoms with van der Waals surface area (Å²) in [5, 5.41) is 9.67. The molecule has 0 radical (unpaired) electrons. The van der Waals surface area contributed by atoms with Crippen molar-refractivity contribution in [3.8, 4) is 10.6 Å². The Bertz CT molecular complexity index is 885. The standard InChI is InChI=1S/C19H23N5OS/c1-4-23(2)11-15-7-5-6-14(8-15)9-20-18(25)17-13-26-19(22-17)16-10-21-24(3)12-16/h5-8,10,12-13H,4,9,11H2,1-3H3,(H,20,25). The number of rotatable bonds is 7. The second-order valence-corrected chi connectivity index (χ2v) is 7.13. The van der Waals surface area contributed by atoms with Crippen molar-refractivity contribution in [1.82, 2.24) is 25.0 Å². The Balaban J connectivity index is 1.61. The fourth-order valence-corrected chi connectivity index (χ4v) is 3.35. The molecule has 6 nitrogen and oxygen atoms in total. The molecule has 0 atom stereocenters. The predicted octanol–water partition coefficient (Wildman–Crippen LogP) is 2.93. The number of hydrogen-bond acceptors (Lipinski definition) is 5. The van der Waals surface area contributed by atoms with E-state index in [1.807, 2.05) is 25.4 Å². The maximum Gasteiger partial charge on any atom is 0.271 e. The van der Waals surface area contributed by atoms with Gasteiger partial charge in [-0.05, 0) is 24.7 Å². The van der Waals surface area contributed by atoms with Crippen LogP contribution in [0.15, 0.2) is 42.0 Å². The molecule has 2 heterocycles. The van der Waals surface area contributed by atoms with Crippen molar-refractivity contribution in [1.29, 1.82) is 0 Å². The lowest BCUT2D eigenvalue weighted by atomic mass is 10.1. The van der Waals surface area contributed by atoms with Crippen molar-refractivity contribution < 1.29 is 4.79 Å². The van der Waals surface area contributed by atoms with Gasteiger partial charge in [0.25, 0.3) is 5.91 Å². The van der Waals surface area contributed by atoms with Gasteiger partial charge in [-0.1, -0.05) is 31.2 Å². The quantitative estimate of drug-likeness (QED) is 0.696. The lowest BCUT2D eigenvalue weighted by Gasteiger charge is -2.14. The first kappa shape index (κ1) is 18.3. The molecule has 1 aromatic carbocycles. The molecule has 0 aliphatic carbocycles. The number of nitrogens with zero attached hydrogens (tertiary/aromatic N) is 4. The molecular weight excluding hydrogens is 346 g/mol. The molecule has 0 saturated heterocycles.